The van der Waals surface area contributed by atoms with Crippen LogP contribution < -0.4 is 15.6 Å². The normalized spacial score (nSPS) is 10.6. The molecule has 0 aliphatic rings. The van der Waals surface area contributed by atoms with E-state index in [1.165, 1.54) is 4.57 Å². The molecule has 156 valence electrons. The zero-order chi connectivity index (χ0) is 21.6. The number of hydrogen-bond donors (Lipinski definition) is 1. The summed E-state index contributed by atoms with van der Waals surface area (Å²) in [5.74, 6) is 1.07. The monoisotopic (exact) mass is 415 g/mol. The quantitative estimate of drug-likeness (QED) is 0.518. The zero-order valence-electron chi connectivity index (χ0n) is 16.9. The number of amides is 1. The number of nitrogens with zero attached hydrogens (tertiary/aromatic N) is 2. The molecule has 4 rings (SSSR count). The minimum atomic E-state index is -0.590. The molecule has 7 nitrogen and oxygen atoms in total. The number of ether oxygens (including phenoxy) is 2. The number of hydrogen-bond acceptors (Lipinski definition) is 5. The Morgan fingerprint density at radius 1 is 0.968 bits per heavy atom. The van der Waals surface area contributed by atoms with E-state index in [4.69, 9.17) is 9.47 Å². The Morgan fingerprint density at radius 3 is 2.42 bits per heavy atom. The van der Waals surface area contributed by atoms with Crippen LogP contribution in [0.15, 0.2) is 83.7 Å². The first-order valence-corrected chi connectivity index (χ1v) is 9.75. The predicted molar refractivity (Wildman–Crippen MR) is 117 cm³/mol. The standard InChI is InChI=1S/C24H21N3O4/c1-30-19-13-11-18(12-14-19)27-22(26-21-10-6-5-9-20(21)23(27)28)15-25-24(29)31-16-17-7-3-2-4-8-17/h2-14H,15-16H2,1H3,(H,25,29). The van der Waals surface area contributed by atoms with E-state index >= 15 is 0 Å². The number of aromatic nitrogens is 2. The first-order valence-electron chi connectivity index (χ1n) is 9.75. The van der Waals surface area contributed by atoms with Crippen LogP contribution in [0.25, 0.3) is 16.6 Å². The molecule has 0 bridgehead atoms. The van der Waals surface area contributed by atoms with Gasteiger partial charge in [-0.3, -0.25) is 9.36 Å². The third kappa shape index (κ3) is 4.56. The molecule has 0 fully saturated rings. The van der Waals surface area contributed by atoms with Crippen molar-refractivity contribution in [2.75, 3.05) is 7.11 Å². The highest BCUT2D eigenvalue weighted by Crippen LogP contribution is 2.17. The van der Waals surface area contributed by atoms with Gasteiger partial charge >= 0.3 is 6.09 Å². The highest BCUT2D eigenvalue weighted by molar-refractivity contribution is 5.78. The maximum absolute atomic E-state index is 13.2. The molecule has 0 aliphatic carbocycles. The predicted octanol–water partition coefficient (Wildman–Crippen LogP) is 3.82. The largest absolute Gasteiger partial charge is 0.497 e. The van der Waals surface area contributed by atoms with Gasteiger partial charge in [0.05, 0.1) is 30.2 Å². The zero-order valence-corrected chi connectivity index (χ0v) is 16.9. The van der Waals surface area contributed by atoms with E-state index in [1.54, 1.807) is 49.6 Å². The molecule has 0 atom stereocenters. The first kappa shape index (κ1) is 20.2. The van der Waals surface area contributed by atoms with E-state index in [0.29, 0.717) is 28.2 Å². The molecule has 0 radical (unpaired) electrons. The summed E-state index contributed by atoms with van der Waals surface area (Å²) in [6.45, 7) is 0.183. The Kier molecular flexibility index (Phi) is 5.93. The fourth-order valence-corrected chi connectivity index (χ4v) is 3.22. The van der Waals surface area contributed by atoms with Gasteiger partial charge in [-0.25, -0.2) is 9.78 Å². The van der Waals surface area contributed by atoms with Crippen molar-refractivity contribution >= 4 is 17.0 Å². The van der Waals surface area contributed by atoms with Crippen molar-refractivity contribution in [2.24, 2.45) is 0 Å². The lowest BCUT2D eigenvalue weighted by atomic mass is 10.2. The topological polar surface area (TPSA) is 82.4 Å². The summed E-state index contributed by atoms with van der Waals surface area (Å²) in [5, 5.41) is 3.18. The van der Waals surface area contributed by atoms with Gasteiger partial charge in [0.25, 0.3) is 5.56 Å². The number of alkyl carbamates (subject to hydrolysis) is 1. The molecular weight excluding hydrogens is 394 g/mol. The van der Waals surface area contributed by atoms with Gasteiger partial charge in [0.1, 0.15) is 18.2 Å². The van der Waals surface area contributed by atoms with Crippen LogP contribution in [0.5, 0.6) is 5.75 Å². The number of methoxy groups -OCH3 is 1. The molecule has 4 aromatic rings. The molecule has 0 unspecified atom stereocenters. The molecule has 1 amide bonds. The molecule has 31 heavy (non-hydrogen) atoms. The van der Waals surface area contributed by atoms with Gasteiger partial charge in [-0.2, -0.15) is 0 Å². The minimum Gasteiger partial charge on any atom is -0.497 e. The van der Waals surface area contributed by atoms with Gasteiger partial charge in [0.15, 0.2) is 0 Å². The second-order valence-electron chi connectivity index (χ2n) is 6.80. The van der Waals surface area contributed by atoms with Crippen molar-refractivity contribution in [1.82, 2.24) is 14.9 Å². The van der Waals surface area contributed by atoms with E-state index in [9.17, 15) is 9.59 Å². The second-order valence-corrected chi connectivity index (χ2v) is 6.80. The van der Waals surface area contributed by atoms with E-state index < -0.39 is 6.09 Å². The first-order chi connectivity index (χ1) is 15.2. The number of para-hydroxylation sites is 1. The summed E-state index contributed by atoms with van der Waals surface area (Å²) in [5.41, 5.74) is 1.85. The van der Waals surface area contributed by atoms with Gasteiger partial charge in [-0.15, -0.1) is 0 Å². The molecule has 1 heterocycles. The van der Waals surface area contributed by atoms with Crippen molar-refractivity contribution in [3.05, 3.63) is 101 Å². The molecular formula is C24H21N3O4. The lowest BCUT2D eigenvalue weighted by Gasteiger charge is -2.15. The smallest absolute Gasteiger partial charge is 0.407 e. The van der Waals surface area contributed by atoms with Crippen molar-refractivity contribution in [3.63, 3.8) is 0 Å². The van der Waals surface area contributed by atoms with Gasteiger partial charge < -0.3 is 14.8 Å². The highest BCUT2D eigenvalue weighted by atomic mass is 16.5. The van der Waals surface area contributed by atoms with Crippen molar-refractivity contribution < 1.29 is 14.3 Å². The molecule has 0 saturated heterocycles. The number of rotatable bonds is 6. The average Bonchev–Trinajstić information content (AvgIpc) is 2.82. The SMILES string of the molecule is COc1ccc(-n2c(CNC(=O)OCc3ccccc3)nc3ccccc3c2=O)cc1. The summed E-state index contributed by atoms with van der Waals surface area (Å²) >= 11 is 0. The average molecular weight is 415 g/mol. The van der Waals surface area contributed by atoms with Crippen LogP contribution in [0, 0.1) is 0 Å². The van der Waals surface area contributed by atoms with Crippen LogP contribution in [0.4, 0.5) is 4.79 Å². The highest BCUT2D eigenvalue weighted by Gasteiger charge is 2.14. The van der Waals surface area contributed by atoms with Crippen LogP contribution >= 0.6 is 0 Å². The lowest BCUT2D eigenvalue weighted by molar-refractivity contribution is 0.139. The molecule has 7 heteroatoms. The minimum absolute atomic E-state index is 0.0275. The fourth-order valence-electron chi connectivity index (χ4n) is 3.22. The molecule has 0 saturated carbocycles. The van der Waals surface area contributed by atoms with E-state index in [0.717, 1.165) is 5.56 Å². The summed E-state index contributed by atoms with van der Waals surface area (Å²) < 4.78 is 11.9. The second kappa shape index (κ2) is 9.13. The van der Waals surface area contributed by atoms with Crippen molar-refractivity contribution in [3.8, 4) is 11.4 Å². The van der Waals surface area contributed by atoms with E-state index in [2.05, 4.69) is 10.3 Å². The van der Waals surface area contributed by atoms with E-state index in [1.807, 2.05) is 36.4 Å². The summed E-state index contributed by atoms with van der Waals surface area (Å²) in [7, 11) is 1.58. The van der Waals surface area contributed by atoms with E-state index in [-0.39, 0.29) is 18.7 Å². The summed E-state index contributed by atoms with van der Waals surface area (Å²) in [6, 6.07) is 23.6. The number of benzene rings is 3. The van der Waals surface area contributed by atoms with Crippen LogP contribution in [0.3, 0.4) is 0 Å². The molecule has 3 aromatic carbocycles. The Hall–Kier alpha value is -4.13. The number of carbonyl (C=O) groups is 1. The van der Waals surface area contributed by atoms with Gasteiger partial charge in [-0.05, 0) is 42.0 Å². The number of carbonyl (C=O) groups excluding carboxylic acids is 1. The van der Waals surface area contributed by atoms with Crippen molar-refractivity contribution in [2.45, 2.75) is 13.2 Å². The Morgan fingerprint density at radius 2 is 1.68 bits per heavy atom. The third-order valence-electron chi connectivity index (χ3n) is 4.78. The third-order valence-corrected chi connectivity index (χ3v) is 4.78. The fraction of sp³-hybridized carbons (Fsp3) is 0.125. The lowest BCUT2D eigenvalue weighted by Crippen LogP contribution is -2.30. The summed E-state index contributed by atoms with van der Waals surface area (Å²) in [4.78, 5) is 30.0. The summed E-state index contributed by atoms with van der Waals surface area (Å²) in [6.07, 6.45) is -0.590. The molecule has 0 spiro atoms. The van der Waals surface area contributed by atoms with Crippen molar-refractivity contribution in [1.29, 1.82) is 0 Å². The van der Waals surface area contributed by atoms with Crippen LogP contribution in [0.2, 0.25) is 0 Å². The van der Waals surface area contributed by atoms with Gasteiger partial charge in [-0.1, -0.05) is 42.5 Å². The van der Waals surface area contributed by atoms with Gasteiger partial charge in [0.2, 0.25) is 0 Å². The Labute approximate surface area is 178 Å². The Bertz CT molecular complexity index is 1250. The van der Waals surface area contributed by atoms with Crippen LogP contribution in [-0.2, 0) is 17.9 Å². The Balaban J connectivity index is 1.61. The van der Waals surface area contributed by atoms with Crippen LogP contribution in [0.1, 0.15) is 11.4 Å². The molecule has 1 N–H and O–H groups in total. The number of fused-ring (bicyclic) bond motifs is 1. The molecule has 0 aliphatic heterocycles. The van der Waals surface area contributed by atoms with Gasteiger partial charge in [0, 0.05) is 0 Å². The number of nitrogens with one attached hydrogen (secondary N) is 1. The maximum Gasteiger partial charge on any atom is 0.407 e. The molecule has 1 aromatic heterocycles. The maximum atomic E-state index is 13.2. The van der Waals surface area contributed by atoms with Crippen LogP contribution in [-0.4, -0.2) is 22.8 Å².